The van der Waals surface area contributed by atoms with E-state index < -0.39 is 0 Å². The molecule has 0 radical (unpaired) electrons. The maximum atomic E-state index is 13.1. The SMILES string of the molecule is CCCN1CCN([C@H](C(=O)Nc2ccc(F)cc2)c2ccccc2)CC1. The lowest BCUT2D eigenvalue weighted by molar-refractivity contribution is -0.122. The van der Waals surface area contributed by atoms with Crippen molar-refractivity contribution < 1.29 is 9.18 Å². The predicted molar refractivity (Wildman–Crippen MR) is 103 cm³/mol. The number of carbonyl (C=O) groups is 1. The van der Waals surface area contributed by atoms with E-state index in [1.54, 1.807) is 12.1 Å². The first-order valence-electron chi connectivity index (χ1n) is 9.25. The summed E-state index contributed by atoms with van der Waals surface area (Å²) in [6, 6.07) is 15.4. The van der Waals surface area contributed by atoms with Gasteiger partial charge in [0.2, 0.25) is 5.91 Å². The van der Waals surface area contributed by atoms with Crippen molar-refractivity contribution in [3.05, 3.63) is 66.0 Å². The van der Waals surface area contributed by atoms with Crippen molar-refractivity contribution in [1.29, 1.82) is 0 Å². The Balaban J connectivity index is 1.75. The molecule has 5 heteroatoms. The van der Waals surface area contributed by atoms with E-state index in [-0.39, 0.29) is 17.8 Å². The molecule has 1 atom stereocenters. The van der Waals surface area contributed by atoms with Gasteiger partial charge in [0.25, 0.3) is 0 Å². The van der Waals surface area contributed by atoms with E-state index >= 15 is 0 Å². The first-order valence-corrected chi connectivity index (χ1v) is 9.25. The zero-order chi connectivity index (χ0) is 18.4. The second-order valence-corrected chi connectivity index (χ2v) is 6.69. The molecule has 1 aliphatic heterocycles. The normalized spacial score (nSPS) is 17.0. The quantitative estimate of drug-likeness (QED) is 0.861. The third-order valence-electron chi connectivity index (χ3n) is 4.79. The number of rotatable bonds is 6. The van der Waals surface area contributed by atoms with Crippen molar-refractivity contribution in [1.82, 2.24) is 9.80 Å². The summed E-state index contributed by atoms with van der Waals surface area (Å²) in [7, 11) is 0. The van der Waals surface area contributed by atoms with Crippen LogP contribution in [0.1, 0.15) is 24.9 Å². The Kier molecular flexibility index (Phi) is 6.36. The molecule has 0 aliphatic carbocycles. The van der Waals surface area contributed by atoms with E-state index in [4.69, 9.17) is 0 Å². The Morgan fingerprint density at radius 1 is 1.04 bits per heavy atom. The van der Waals surface area contributed by atoms with Gasteiger partial charge in [0.05, 0.1) is 0 Å². The minimum Gasteiger partial charge on any atom is -0.324 e. The van der Waals surface area contributed by atoms with Gasteiger partial charge in [0, 0.05) is 31.9 Å². The number of piperazine rings is 1. The number of carbonyl (C=O) groups excluding carboxylic acids is 1. The zero-order valence-electron chi connectivity index (χ0n) is 15.2. The predicted octanol–water partition coefficient (Wildman–Crippen LogP) is 3.53. The standard InChI is InChI=1S/C21H26FN3O/c1-2-12-24-13-15-25(16-14-24)20(17-6-4-3-5-7-17)21(26)23-19-10-8-18(22)9-11-19/h3-11,20H,2,12-16H2,1H3,(H,23,26)/t20-/m0/s1. The Morgan fingerprint density at radius 3 is 2.31 bits per heavy atom. The van der Waals surface area contributed by atoms with Crippen molar-refractivity contribution in [2.24, 2.45) is 0 Å². The molecule has 138 valence electrons. The molecule has 0 bridgehead atoms. The van der Waals surface area contributed by atoms with Gasteiger partial charge in [-0.25, -0.2) is 4.39 Å². The average Bonchev–Trinajstić information content (AvgIpc) is 2.66. The molecule has 2 aromatic carbocycles. The molecule has 0 unspecified atom stereocenters. The van der Waals surface area contributed by atoms with Crippen molar-refractivity contribution in [2.45, 2.75) is 19.4 Å². The number of nitrogens with one attached hydrogen (secondary N) is 1. The van der Waals surface area contributed by atoms with Crippen LogP contribution in [0.4, 0.5) is 10.1 Å². The highest BCUT2D eigenvalue weighted by Crippen LogP contribution is 2.24. The van der Waals surface area contributed by atoms with Crippen LogP contribution in [0, 0.1) is 5.82 Å². The molecule has 1 N–H and O–H groups in total. The number of benzene rings is 2. The van der Waals surface area contributed by atoms with E-state index in [0.29, 0.717) is 5.69 Å². The third kappa shape index (κ3) is 4.68. The molecule has 0 spiro atoms. The lowest BCUT2D eigenvalue weighted by Gasteiger charge is -2.38. The number of hydrogen-bond acceptors (Lipinski definition) is 3. The molecule has 26 heavy (non-hydrogen) atoms. The molecule has 3 rings (SSSR count). The maximum absolute atomic E-state index is 13.1. The number of hydrogen-bond donors (Lipinski definition) is 1. The summed E-state index contributed by atoms with van der Waals surface area (Å²) in [6.07, 6.45) is 1.15. The van der Waals surface area contributed by atoms with Crippen LogP contribution in [0.5, 0.6) is 0 Å². The topological polar surface area (TPSA) is 35.6 Å². The van der Waals surface area contributed by atoms with E-state index in [1.165, 1.54) is 12.1 Å². The van der Waals surface area contributed by atoms with Crippen molar-refractivity contribution in [2.75, 3.05) is 38.0 Å². The smallest absolute Gasteiger partial charge is 0.246 e. The fourth-order valence-corrected chi connectivity index (χ4v) is 3.47. The lowest BCUT2D eigenvalue weighted by atomic mass is 10.0. The minimum atomic E-state index is -0.343. The van der Waals surface area contributed by atoms with Gasteiger partial charge in [-0.2, -0.15) is 0 Å². The molecule has 2 aromatic rings. The lowest BCUT2D eigenvalue weighted by Crippen LogP contribution is -2.50. The molecule has 0 saturated carbocycles. The highest BCUT2D eigenvalue weighted by atomic mass is 19.1. The van der Waals surface area contributed by atoms with Gasteiger partial charge < -0.3 is 10.2 Å². The Labute approximate surface area is 154 Å². The van der Waals surface area contributed by atoms with Crippen LogP contribution >= 0.6 is 0 Å². The fourth-order valence-electron chi connectivity index (χ4n) is 3.47. The highest BCUT2D eigenvalue weighted by molar-refractivity contribution is 5.95. The molecule has 1 heterocycles. The molecular weight excluding hydrogens is 329 g/mol. The molecular formula is C21H26FN3O. The summed E-state index contributed by atoms with van der Waals surface area (Å²) in [5.41, 5.74) is 1.60. The maximum Gasteiger partial charge on any atom is 0.246 e. The van der Waals surface area contributed by atoms with Crippen LogP contribution in [0.15, 0.2) is 54.6 Å². The Hall–Kier alpha value is -2.24. The number of anilines is 1. The summed E-state index contributed by atoms with van der Waals surface area (Å²) >= 11 is 0. The summed E-state index contributed by atoms with van der Waals surface area (Å²) in [4.78, 5) is 17.7. The zero-order valence-corrected chi connectivity index (χ0v) is 15.2. The van der Waals surface area contributed by atoms with Gasteiger partial charge in [-0.1, -0.05) is 37.3 Å². The summed E-state index contributed by atoms with van der Waals surface area (Å²) in [5, 5.41) is 2.94. The third-order valence-corrected chi connectivity index (χ3v) is 4.79. The average molecular weight is 355 g/mol. The van der Waals surface area contributed by atoms with Gasteiger partial charge in [0.15, 0.2) is 0 Å². The number of nitrogens with zero attached hydrogens (tertiary/aromatic N) is 2. The monoisotopic (exact) mass is 355 g/mol. The second-order valence-electron chi connectivity index (χ2n) is 6.69. The van der Waals surface area contributed by atoms with Crippen LogP contribution in [-0.2, 0) is 4.79 Å². The van der Waals surface area contributed by atoms with Crippen LogP contribution in [-0.4, -0.2) is 48.4 Å². The molecule has 0 aromatic heterocycles. The van der Waals surface area contributed by atoms with Gasteiger partial charge in [-0.3, -0.25) is 9.69 Å². The van der Waals surface area contributed by atoms with Gasteiger partial charge in [-0.05, 0) is 42.8 Å². The van der Waals surface area contributed by atoms with Gasteiger partial charge in [-0.15, -0.1) is 0 Å². The fraction of sp³-hybridized carbons (Fsp3) is 0.381. The van der Waals surface area contributed by atoms with Crippen LogP contribution in [0.2, 0.25) is 0 Å². The Morgan fingerprint density at radius 2 is 1.69 bits per heavy atom. The Bertz CT molecular complexity index is 697. The summed E-state index contributed by atoms with van der Waals surface area (Å²) < 4.78 is 13.1. The highest BCUT2D eigenvalue weighted by Gasteiger charge is 2.30. The van der Waals surface area contributed by atoms with E-state index in [2.05, 4.69) is 22.0 Å². The first kappa shape index (κ1) is 18.5. The van der Waals surface area contributed by atoms with E-state index in [1.807, 2.05) is 30.3 Å². The molecule has 4 nitrogen and oxygen atoms in total. The number of halogens is 1. The second kappa shape index (κ2) is 8.92. The van der Waals surface area contributed by atoms with Crippen molar-refractivity contribution >= 4 is 11.6 Å². The first-order chi connectivity index (χ1) is 12.7. The molecule has 1 aliphatic rings. The molecule has 1 amide bonds. The van der Waals surface area contributed by atoms with Crippen molar-refractivity contribution in [3.63, 3.8) is 0 Å². The minimum absolute atomic E-state index is 0.0771. The van der Waals surface area contributed by atoms with Crippen LogP contribution < -0.4 is 5.32 Å². The number of amides is 1. The van der Waals surface area contributed by atoms with Crippen molar-refractivity contribution in [3.8, 4) is 0 Å². The summed E-state index contributed by atoms with van der Waals surface area (Å²) in [6.45, 7) is 6.95. The molecule has 1 saturated heterocycles. The van der Waals surface area contributed by atoms with E-state index in [9.17, 15) is 9.18 Å². The van der Waals surface area contributed by atoms with Crippen LogP contribution in [0.3, 0.4) is 0 Å². The van der Waals surface area contributed by atoms with Crippen LogP contribution in [0.25, 0.3) is 0 Å². The van der Waals surface area contributed by atoms with Gasteiger partial charge >= 0.3 is 0 Å². The summed E-state index contributed by atoms with van der Waals surface area (Å²) in [5.74, 6) is -0.388. The van der Waals surface area contributed by atoms with E-state index in [0.717, 1.165) is 44.7 Å². The van der Waals surface area contributed by atoms with Gasteiger partial charge in [0.1, 0.15) is 11.9 Å². The molecule has 1 fully saturated rings. The largest absolute Gasteiger partial charge is 0.324 e.